The van der Waals surface area contributed by atoms with Crippen LogP contribution >= 0.6 is 11.5 Å². The second-order valence-corrected chi connectivity index (χ2v) is 7.28. The lowest BCUT2D eigenvalue weighted by Crippen LogP contribution is -2.15. The van der Waals surface area contributed by atoms with E-state index in [1.165, 1.54) is 11.5 Å². The molecule has 0 aliphatic heterocycles. The third-order valence-electron chi connectivity index (χ3n) is 4.58. The number of carbonyl (C=O) groups excluding carboxylic acids is 2. The monoisotopic (exact) mass is 414 g/mol. The molecule has 0 unspecified atom stereocenters. The largest absolute Gasteiger partial charge is 0.322 e. The molecular formula is C23H18N4O2S. The zero-order valence-corrected chi connectivity index (χ0v) is 16.9. The zero-order chi connectivity index (χ0) is 20.9. The van der Waals surface area contributed by atoms with Gasteiger partial charge in [-0.05, 0) is 60.4 Å². The van der Waals surface area contributed by atoms with Gasteiger partial charge in [-0.3, -0.25) is 9.59 Å². The summed E-state index contributed by atoms with van der Waals surface area (Å²) < 4.78 is 3.86. The third kappa shape index (κ3) is 4.42. The van der Waals surface area contributed by atoms with E-state index < -0.39 is 0 Å². The van der Waals surface area contributed by atoms with Crippen molar-refractivity contribution in [2.45, 2.75) is 6.92 Å². The lowest BCUT2D eigenvalue weighted by Gasteiger charge is -2.11. The lowest BCUT2D eigenvalue weighted by atomic mass is 10.1. The number of hydrogen-bond acceptors (Lipinski definition) is 5. The van der Waals surface area contributed by atoms with Crippen molar-refractivity contribution in [3.05, 3.63) is 94.9 Å². The summed E-state index contributed by atoms with van der Waals surface area (Å²) in [5.74, 6) is -0.475. The van der Waals surface area contributed by atoms with Crippen LogP contribution in [0.25, 0.3) is 11.3 Å². The molecule has 3 aromatic carbocycles. The molecule has 0 saturated carbocycles. The Kier molecular flexibility index (Phi) is 5.63. The van der Waals surface area contributed by atoms with Crippen LogP contribution in [0.2, 0.25) is 0 Å². The zero-order valence-electron chi connectivity index (χ0n) is 16.1. The first-order valence-electron chi connectivity index (χ1n) is 9.26. The maximum atomic E-state index is 12.7. The first-order valence-corrected chi connectivity index (χ1v) is 10.1. The summed E-state index contributed by atoms with van der Waals surface area (Å²) in [6.07, 6.45) is 0. The van der Waals surface area contributed by atoms with Gasteiger partial charge in [0.1, 0.15) is 5.69 Å². The molecule has 2 amide bonds. The highest BCUT2D eigenvalue weighted by Crippen LogP contribution is 2.22. The molecule has 0 fully saturated rings. The summed E-state index contributed by atoms with van der Waals surface area (Å²) in [6.45, 7) is 1.88. The van der Waals surface area contributed by atoms with E-state index >= 15 is 0 Å². The van der Waals surface area contributed by atoms with Gasteiger partial charge in [-0.15, -0.1) is 5.10 Å². The molecule has 0 aliphatic rings. The molecule has 0 saturated heterocycles. The van der Waals surface area contributed by atoms with Gasteiger partial charge in [0, 0.05) is 33.4 Å². The van der Waals surface area contributed by atoms with Gasteiger partial charge in [-0.1, -0.05) is 40.9 Å². The van der Waals surface area contributed by atoms with Gasteiger partial charge in [-0.25, -0.2) is 0 Å². The van der Waals surface area contributed by atoms with Crippen molar-refractivity contribution in [1.82, 2.24) is 9.59 Å². The Labute approximate surface area is 177 Å². The summed E-state index contributed by atoms with van der Waals surface area (Å²) >= 11 is 1.29. The normalized spacial score (nSPS) is 10.4. The summed E-state index contributed by atoms with van der Waals surface area (Å²) in [4.78, 5) is 25.1. The Morgan fingerprint density at radius 1 is 0.833 bits per heavy atom. The molecule has 30 heavy (non-hydrogen) atoms. The minimum Gasteiger partial charge on any atom is -0.322 e. The number of amides is 2. The molecule has 2 N–H and O–H groups in total. The molecule has 0 radical (unpaired) electrons. The number of nitrogens with one attached hydrogen (secondary N) is 2. The van der Waals surface area contributed by atoms with Gasteiger partial charge in [0.2, 0.25) is 0 Å². The van der Waals surface area contributed by atoms with Crippen molar-refractivity contribution in [3.63, 3.8) is 0 Å². The number of aromatic nitrogens is 2. The predicted octanol–water partition coefficient (Wildman–Crippen LogP) is 5.02. The topological polar surface area (TPSA) is 84.0 Å². The van der Waals surface area contributed by atoms with Crippen LogP contribution in [0.5, 0.6) is 0 Å². The average molecular weight is 414 g/mol. The molecule has 4 rings (SSSR count). The van der Waals surface area contributed by atoms with Gasteiger partial charge in [0.15, 0.2) is 0 Å². The highest BCUT2D eigenvalue weighted by Gasteiger charge is 2.12. The van der Waals surface area contributed by atoms with Gasteiger partial charge in [0.05, 0.1) is 0 Å². The van der Waals surface area contributed by atoms with E-state index in [9.17, 15) is 9.59 Å². The van der Waals surface area contributed by atoms with Crippen molar-refractivity contribution < 1.29 is 9.59 Å². The molecule has 1 aromatic heterocycles. The molecule has 4 aromatic rings. The van der Waals surface area contributed by atoms with Gasteiger partial charge >= 0.3 is 0 Å². The van der Waals surface area contributed by atoms with Crippen LogP contribution < -0.4 is 10.6 Å². The summed E-state index contributed by atoms with van der Waals surface area (Å²) in [7, 11) is 0. The minimum atomic E-state index is -0.256. The number of benzene rings is 3. The van der Waals surface area contributed by atoms with Crippen LogP contribution in [0.3, 0.4) is 0 Å². The fourth-order valence-electron chi connectivity index (χ4n) is 2.90. The van der Waals surface area contributed by atoms with Crippen molar-refractivity contribution in [3.8, 4) is 11.3 Å². The van der Waals surface area contributed by atoms with E-state index in [0.29, 0.717) is 22.5 Å². The molecule has 7 heteroatoms. The Morgan fingerprint density at radius 2 is 1.57 bits per heavy atom. The number of rotatable bonds is 5. The fraction of sp³-hybridized carbons (Fsp3) is 0.0435. The molecule has 148 valence electrons. The average Bonchev–Trinajstić information content (AvgIpc) is 3.31. The second-order valence-electron chi connectivity index (χ2n) is 6.67. The SMILES string of the molecule is Cc1ccc(C(=O)Nc2ccc(-c3csnn3)cc2)cc1NC(=O)c1ccccc1. The molecule has 0 bridgehead atoms. The minimum absolute atomic E-state index is 0.219. The van der Waals surface area contributed by atoms with E-state index in [1.54, 1.807) is 24.3 Å². The Hall–Kier alpha value is -3.84. The van der Waals surface area contributed by atoms with Crippen LogP contribution in [-0.4, -0.2) is 21.4 Å². The van der Waals surface area contributed by atoms with Gasteiger partial charge in [-0.2, -0.15) is 0 Å². The lowest BCUT2D eigenvalue weighted by molar-refractivity contribution is 0.101. The molecular weight excluding hydrogens is 396 g/mol. The van der Waals surface area contributed by atoms with Crippen LogP contribution in [0.15, 0.2) is 78.2 Å². The van der Waals surface area contributed by atoms with Gasteiger partial charge in [0.25, 0.3) is 11.8 Å². The molecule has 0 spiro atoms. The number of anilines is 2. The summed E-state index contributed by atoms with van der Waals surface area (Å²) in [6, 6.07) is 21.6. The number of hydrogen-bond donors (Lipinski definition) is 2. The molecule has 0 atom stereocenters. The quantitative estimate of drug-likeness (QED) is 0.480. The molecule has 1 heterocycles. The van der Waals surface area contributed by atoms with Crippen LogP contribution in [-0.2, 0) is 0 Å². The van der Waals surface area contributed by atoms with Crippen molar-refractivity contribution in [1.29, 1.82) is 0 Å². The summed E-state index contributed by atoms with van der Waals surface area (Å²) in [5.41, 5.74) is 4.89. The van der Waals surface area contributed by atoms with Crippen LogP contribution in [0, 0.1) is 6.92 Å². The van der Waals surface area contributed by atoms with E-state index in [4.69, 9.17) is 0 Å². The Morgan fingerprint density at radius 3 is 2.27 bits per heavy atom. The van der Waals surface area contributed by atoms with E-state index in [0.717, 1.165) is 16.8 Å². The molecule has 0 aliphatic carbocycles. The Bertz CT molecular complexity index is 1170. The smallest absolute Gasteiger partial charge is 0.255 e. The van der Waals surface area contributed by atoms with Crippen LogP contribution in [0.1, 0.15) is 26.3 Å². The van der Waals surface area contributed by atoms with Crippen LogP contribution in [0.4, 0.5) is 11.4 Å². The highest BCUT2D eigenvalue weighted by molar-refractivity contribution is 7.03. The Balaban J connectivity index is 1.48. The third-order valence-corrected chi connectivity index (χ3v) is 5.09. The predicted molar refractivity (Wildman–Crippen MR) is 119 cm³/mol. The maximum absolute atomic E-state index is 12.7. The van der Waals surface area contributed by atoms with Crippen molar-refractivity contribution >= 4 is 34.7 Å². The highest BCUT2D eigenvalue weighted by atomic mass is 32.1. The van der Waals surface area contributed by atoms with E-state index in [2.05, 4.69) is 20.2 Å². The maximum Gasteiger partial charge on any atom is 0.255 e. The fourth-order valence-corrected chi connectivity index (χ4v) is 3.37. The standard InChI is InChI=1S/C23H18N4O2S/c1-15-7-8-18(13-20(15)25-22(28)17-5-3-2-4-6-17)23(29)24-19-11-9-16(10-12-19)21-14-30-27-26-21/h2-14H,1H3,(H,24,29)(H,25,28). The van der Waals surface area contributed by atoms with Crippen molar-refractivity contribution in [2.24, 2.45) is 0 Å². The summed E-state index contributed by atoms with van der Waals surface area (Å²) in [5, 5.41) is 11.7. The molecule has 6 nitrogen and oxygen atoms in total. The van der Waals surface area contributed by atoms with Crippen molar-refractivity contribution in [2.75, 3.05) is 10.6 Å². The van der Waals surface area contributed by atoms with E-state index in [-0.39, 0.29) is 11.8 Å². The van der Waals surface area contributed by atoms with E-state index in [1.807, 2.05) is 60.8 Å². The number of aryl methyl sites for hydroxylation is 1. The second kappa shape index (κ2) is 8.67. The van der Waals surface area contributed by atoms with Gasteiger partial charge < -0.3 is 10.6 Å². The number of carbonyl (C=O) groups is 2. The first kappa shape index (κ1) is 19.5. The first-order chi connectivity index (χ1) is 14.6. The number of nitrogens with zero attached hydrogens (tertiary/aromatic N) is 2.